The Morgan fingerprint density at radius 2 is 1.90 bits per heavy atom. The Hall–Kier alpha value is -0.620. The summed E-state index contributed by atoms with van der Waals surface area (Å²) in [5.41, 5.74) is 0.926. The van der Waals surface area contributed by atoms with Crippen LogP contribution in [0.3, 0.4) is 0 Å². The molecule has 1 atom stereocenters. The fraction of sp³-hybridized carbons (Fsp3) is 0.571. The molecule has 0 aliphatic carbocycles. The minimum atomic E-state index is -3.39. The summed E-state index contributed by atoms with van der Waals surface area (Å²) in [6.45, 7) is 3.98. The Kier molecular flexibility index (Phi) is 5.07. The maximum absolute atomic E-state index is 12.6. The lowest BCUT2D eigenvalue weighted by atomic mass is 10.1. The molecule has 0 N–H and O–H groups in total. The molecule has 20 heavy (non-hydrogen) atoms. The molecule has 1 aromatic rings. The van der Waals surface area contributed by atoms with E-state index in [9.17, 15) is 8.42 Å². The number of rotatable bonds is 4. The predicted octanol–water partition coefficient (Wildman–Crippen LogP) is 2.14. The second-order valence-corrected chi connectivity index (χ2v) is 7.39. The Morgan fingerprint density at radius 3 is 2.45 bits per heavy atom. The number of hydrogen-bond acceptors (Lipinski definition) is 3. The lowest BCUT2D eigenvalue weighted by Crippen LogP contribution is -2.52. The van der Waals surface area contributed by atoms with E-state index in [1.54, 1.807) is 28.6 Å². The van der Waals surface area contributed by atoms with Crippen molar-refractivity contribution in [1.29, 1.82) is 0 Å². The molecular formula is C14H21ClN2O2S. The van der Waals surface area contributed by atoms with E-state index in [1.807, 2.05) is 7.05 Å². The molecule has 0 saturated carbocycles. The topological polar surface area (TPSA) is 40.6 Å². The molecule has 0 amide bonds. The van der Waals surface area contributed by atoms with Gasteiger partial charge in [0.1, 0.15) is 0 Å². The minimum Gasteiger partial charge on any atom is -0.301 e. The van der Waals surface area contributed by atoms with Crippen molar-refractivity contribution in [3.05, 3.63) is 29.8 Å². The van der Waals surface area contributed by atoms with E-state index >= 15 is 0 Å². The molecule has 0 aromatic heterocycles. The van der Waals surface area contributed by atoms with Crippen LogP contribution in [-0.2, 0) is 15.9 Å². The number of piperazine rings is 1. The Labute approximate surface area is 126 Å². The van der Waals surface area contributed by atoms with Gasteiger partial charge in [0.2, 0.25) is 10.0 Å². The van der Waals surface area contributed by atoms with Crippen molar-refractivity contribution in [3.8, 4) is 0 Å². The first-order chi connectivity index (χ1) is 9.48. The molecule has 1 saturated heterocycles. The van der Waals surface area contributed by atoms with Crippen molar-refractivity contribution >= 4 is 21.6 Å². The van der Waals surface area contributed by atoms with Gasteiger partial charge in [-0.15, -0.1) is 11.6 Å². The van der Waals surface area contributed by atoms with Gasteiger partial charge in [-0.2, -0.15) is 4.31 Å². The number of halogens is 1. The van der Waals surface area contributed by atoms with Crippen molar-refractivity contribution in [1.82, 2.24) is 9.21 Å². The second kappa shape index (κ2) is 6.43. The van der Waals surface area contributed by atoms with Crippen molar-refractivity contribution in [3.63, 3.8) is 0 Å². The van der Waals surface area contributed by atoms with Crippen LogP contribution in [0.4, 0.5) is 0 Å². The van der Waals surface area contributed by atoms with Crippen molar-refractivity contribution < 1.29 is 8.42 Å². The third-order valence-electron chi connectivity index (χ3n) is 3.93. The predicted molar refractivity (Wildman–Crippen MR) is 81.5 cm³/mol. The van der Waals surface area contributed by atoms with Gasteiger partial charge in [0.15, 0.2) is 0 Å². The highest BCUT2D eigenvalue weighted by Gasteiger charge is 2.31. The van der Waals surface area contributed by atoms with Gasteiger partial charge in [0, 0.05) is 31.6 Å². The van der Waals surface area contributed by atoms with Crippen LogP contribution < -0.4 is 0 Å². The number of alkyl halides is 1. The molecule has 1 unspecified atom stereocenters. The molecule has 1 fully saturated rings. The molecule has 0 bridgehead atoms. The number of likely N-dealkylation sites (N-methyl/N-ethyl adjacent to an activating group) is 1. The summed E-state index contributed by atoms with van der Waals surface area (Å²) in [5, 5.41) is 0. The summed E-state index contributed by atoms with van der Waals surface area (Å²) in [5.74, 6) is 0.396. The second-order valence-electron chi connectivity index (χ2n) is 5.18. The highest BCUT2D eigenvalue weighted by molar-refractivity contribution is 7.89. The highest BCUT2D eigenvalue weighted by Crippen LogP contribution is 2.21. The normalized spacial score (nSPS) is 22.1. The number of hydrogen-bond donors (Lipinski definition) is 0. The average molecular weight is 317 g/mol. The van der Waals surface area contributed by atoms with Gasteiger partial charge in [-0.05, 0) is 31.2 Å². The van der Waals surface area contributed by atoms with Crippen LogP contribution in [0.1, 0.15) is 18.9 Å². The Bertz CT molecular complexity index is 545. The number of nitrogens with zero attached hydrogens (tertiary/aromatic N) is 2. The minimum absolute atomic E-state index is 0.292. The van der Waals surface area contributed by atoms with Gasteiger partial charge in [-0.1, -0.05) is 19.1 Å². The standard InChI is InChI=1S/C14H21ClN2O2S/c1-3-13-11-17(9-8-16(13)2)20(18,19)14-6-4-12(10-15)5-7-14/h4-7,13H,3,8-11H2,1-2H3. The van der Waals surface area contributed by atoms with Crippen LogP contribution in [0.25, 0.3) is 0 Å². The van der Waals surface area contributed by atoms with Gasteiger partial charge >= 0.3 is 0 Å². The van der Waals surface area contributed by atoms with Gasteiger partial charge in [0.25, 0.3) is 0 Å². The molecule has 1 heterocycles. The highest BCUT2D eigenvalue weighted by atomic mass is 35.5. The summed E-state index contributed by atoms with van der Waals surface area (Å²) >= 11 is 5.73. The van der Waals surface area contributed by atoms with E-state index in [1.165, 1.54) is 0 Å². The molecular weight excluding hydrogens is 296 g/mol. The first-order valence-corrected chi connectivity index (χ1v) is 8.81. The molecule has 1 aliphatic rings. The first-order valence-electron chi connectivity index (χ1n) is 6.84. The van der Waals surface area contributed by atoms with E-state index in [2.05, 4.69) is 11.8 Å². The third-order valence-corrected chi connectivity index (χ3v) is 6.11. The number of sulfonamides is 1. The van der Waals surface area contributed by atoms with Crippen LogP contribution in [0, 0.1) is 0 Å². The number of benzene rings is 1. The maximum Gasteiger partial charge on any atom is 0.243 e. The first kappa shape index (κ1) is 15.8. The smallest absolute Gasteiger partial charge is 0.243 e. The molecule has 6 heteroatoms. The van der Waals surface area contributed by atoms with Crippen LogP contribution in [0.2, 0.25) is 0 Å². The lowest BCUT2D eigenvalue weighted by molar-refractivity contribution is 0.144. The summed E-state index contributed by atoms with van der Waals surface area (Å²) in [7, 11) is -1.34. The van der Waals surface area contributed by atoms with Crippen LogP contribution >= 0.6 is 11.6 Å². The lowest BCUT2D eigenvalue weighted by Gasteiger charge is -2.38. The molecule has 112 valence electrons. The summed E-state index contributed by atoms with van der Waals surface area (Å²) in [6.07, 6.45) is 0.952. The quantitative estimate of drug-likeness (QED) is 0.799. The van der Waals surface area contributed by atoms with Crippen LogP contribution in [0.5, 0.6) is 0 Å². The molecule has 4 nitrogen and oxygen atoms in total. The van der Waals surface area contributed by atoms with Gasteiger partial charge in [0.05, 0.1) is 4.90 Å². The largest absolute Gasteiger partial charge is 0.301 e. The molecule has 1 aromatic carbocycles. The van der Waals surface area contributed by atoms with Gasteiger partial charge < -0.3 is 4.90 Å². The van der Waals surface area contributed by atoms with Gasteiger partial charge in [-0.3, -0.25) is 0 Å². The van der Waals surface area contributed by atoms with Gasteiger partial charge in [-0.25, -0.2) is 8.42 Å². The SMILES string of the molecule is CCC1CN(S(=O)(=O)c2ccc(CCl)cc2)CCN1C. The zero-order chi connectivity index (χ0) is 14.8. The van der Waals surface area contributed by atoms with E-state index in [0.717, 1.165) is 18.5 Å². The van der Waals surface area contributed by atoms with E-state index in [-0.39, 0.29) is 0 Å². The zero-order valence-electron chi connectivity index (χ0n) is 11.9. The summed E-state index contributed by atoms with van der Waals surface area (Å²) < 4.78 is 26.9. The fourth-order valence-electron chi connectivity index (χ4n) is 2.48. The molecule has 0 radical (unpaired) electrons. The average Bonchev–Trinajstić information content (AvgIpc) is 2.47. The summed E-state index contributed by atoms with van der Waals surface area (Å²) in [4.78, 5) is 2.58. The monoisotopic (exact) mass is 316 g/mol. The molecule has 2 rings (SSSR count). The maximum atomic E-state index is 12.6. The Morgan fingerprint density at radius 1 is 1.25 bits per heavy atom. The van der Waals surface area contributed by atoms with E-state index < -0.39 is 10.0 Å². The van der Waals surface area contributed by atoms with Crippen LogP contribution in [0.15, 0.2) is 29.2 Å². The van der Waals surface area contributed by atoms with Crippen molar-refractivity contribution in [2.24, 2.45) is 0 Å². The third kappa shape index (κ3) is 3.17. The van der Waals surface area contributed by atoms with E-state index in [4.69, 9.17) is 11.6 Å². The van der Waals surface area contributed by atoms with Crippen LogP contribution in [-0.4, -0.2) is 50.3 Å². The van der Waals surface area contributed by atoms with E-state index in [0.29, 0.717) is 29.9 Å². The zero-order valence-corrected chi connectivity index (χ0v) is 13.5. The molecule has 1 aliphatic heterocycles. The Balaban J connectivity index is 2.21. The molecule has 0 spiro atoms. The fourth-order valence-corrected chi connectivity index (χ4v) is 4.12. The van der Waals surface area contributed by atoms with Crippen molar-refractivity contribution in [2.45, 2.75) is 30.2 Å². The summed E-state index contributed by atoms with van der Waals surface area (Å²) in [6, 6.07) is 7.12. The van der Waals surface area contributed by atoms with Crippen molar-refractivity contribution in [2.75, 3.05) is 26.7 Å².